The molecule has 7 heteroatoms. The molecule has 1 aromatic carbocycles. The lowest BCUT2D eigenvalue weighted by molar-refractivity contribution is -0.137. The van der Waals surface area contributed by atoms with Crippen LogP contribution in [0.2, 0.25) is 0 Å². The molecule has 0 bridgehead atoms. The Hall–Kier alpha value is -3.22. The second kappa shape index (κ2) is 8.96. The topological polar surface area (TPSA) is 73.8 Å². The first-order chi connectivity index (χ1) is 16.0. The SMILES string of the molecule is C[C@H]1CCCN(C(=O)C2CCN(c3cccc4c3C(=O)N(Cc3ccccn3)C4=O)CC2)C1. The van der Waals surface area contributed by atoms with Crippen LogP contribution in [0.15, 0.2) is 42.6 Å². The number of aromatic nitrogens is 1. The van der Waals surface area contributed by atoms with Crippen LogP contribution in [0.5, 0.6) is 0 Å². The minimum atomic E-state index is -0.271. The van der Waals surface area contributed by atoms with Crippen LogP contribution >= 0.6 is 0 Å². The minimum Gasteiger partial charge on any atom is -0.371 e. The summed E-state index contributed by atoms with van der Waals surface area (Å²) in [7, 11) is 0. The quantitative estimate of drug-likeness (QED) is 0.674. The van der Waals surface area contributed by atoms with Gasteiger partial charge in [-0.2, -0.15) is 0 Å². The summed E-state index contributed by atoms with van der Waals surface area (Å²) < 4.78 is 0. The highest BCUT2D eigenvalue weighted by atomic mass is 16.2. The molecule has 4 heterocycles. The average Bonchev–Trinajstić information content (AvgIpc) is 3.09. The Bertz CT molecular complexity index is 1060. The summed E-state index contributed by atoms with van der Waals surface area (Å²) in [6.07, 6.45) is 5.49. The molecule has 0 saturated carbocycles. The molecule has 0 aliphatic carbocycles. The predicted octanol–water partition coefficient (Wildman–Crippen LogP) is 3.35. The Morgan fingerprint density at radius 2 is 1.82 bits per heavy atom. The van der Waals surface area contributed by atoms with Crippen molar-refractivity contribution in [3.05, 3.63) is 59.4 Å². The second-order valence-electron chi connectivity index (χ2n) is 9.51. The van der Waals surface area contributed by atoms with Crippen LogP contribution in [0.4, 0.5) is 5.69 Å². The van der Waals surface area contributed by atoms with E-state index in [2.05, 4.69) is 16.8 Å². The summed E-state index contributed by atoms with van der Waals surface area (Å²) in [5.74, 6) is 0.365. The Morgan fingerprint density at radius 1 is 1.00 bits per heavy atom. The van der Waals surface area contributed by atoms with Gasteiger partial charge in [-0.25, -0.2) is 0 Å². The van der Waals surface area contributed by atoms with Gasteiger partial charge in [0.25, 0.3) is 11.8 Å². The van der Waals surface area contributed by atoms with Gasteiger partial charge < -0.3 is 9.80 Å². The van der Waals surface area contributed by atoms with Crippen LogP contribution in [0.3, 0.4) is 0 Å². The molecule has 3 aliphatic heterocycles. The molecule has 0 unspecified atom stereocenters. The zero-order valence-corrected chi connectivity index (χ0v) is 19.1. The van der Waals surface area contributed by atoms with E-state index in [-0.39, 0.29) is 30.2 Å². The number of amides is 3. The number of pyridine rings is 1. The number of hydrogen-bond acceptors (Lipinski definition) is 5. The molecule has 2 fully saturated rings. The van der Waals surface area contributed by atoms with Gasteiger partial charge in [-0.05, 0) is 55.9 Å². The lowest BCUT2D eigenvalue weighted by Gasteiger charge is -2.38. The minimum absolute atomic E-state index is 0.0429. The lowest BCUT2D eigenvalue weighted by atomic mass is 9.92. The third kappa shape index (κ3) is 4.12. The molecule has 172 valence electrons. The van der Waals surface area contributed by atoms with Gasteiger partial charge in [-0.15, -0.1) is 0 Å². The Morgan fingerprint density at radius 3 is 2.55 bits per heavy atom. The summed E-state index contributed by atoms with van der Waals surface area (Å²) in [6, 6.07) is 11.0. The lowest BCUT2D eigenvalue weighted by Crippen LogP contribution is -2.46. The van der Waals surface area contributed by atoms with Crippen molar-refractivity contribution in [3.63, 3.8) is 0 Å². The summed E-state index contributed by atoms with van der Waals surface area (Å²) in [5.41, 5.74) is 2.41. The third-order valence-corrected chi connectivity index (χ3v) is 7.18. The van der Waals surface area contributed by atoms with Crippen LogP contribution in [0, 0.1) is 11.8 Å². The number of imide groups is 1. The number of rotatable bonds is 4. The van der Waals surface area contributed by atoms with E-state index in [1.165, 1.54) is 11.3 Å². The van der Waals surface area contributed by atoms with Gasteiger partial charge in [0.2, 0.25) is 5.91 Å². The number of carbonyl (C=O) groups excluding carboxylic acids is 3. The normalized spacial score (nSPS) is 21.5. The number of likely N-dealkylation sites (tertiary alicyclic amines) is 1. The number of nitrogens with zero attached hydrogens (tertiary/aromatic N) is 4. The van der Waals surface area contributed by atoms with Crippen molar-refractivity contribution < 1.29 is 14.4 Å². The summed E-state index contributed by atoms with van der Waals surface area (Å²) in [6.45, 7) is 5.53. The largest absolute Gasteiger partial charge is 0.371 e. The van der Waals surface area contributed by atoms with Crippen molar-refractivity contribution in [2.45, 2.75) is 39.2 Å². The Labute approximate surface area is 194 Å². The van der Waals surface area contributed by atoms with E-state index in [4.69, 9.17) is 0 Å². The molecule has 1 aromatic heterocycles. The second-order valence-corrected chi connectivity index (χ2v) is 9.51. The molecule has 3 aliphatic rings. The third-order valence-electron chi connectivity index (χ3n) is 7.18. The molecule has 5 rings (SSSR count). The standard InChI is InChI=1S/C26H30N4O3/c1-18-6-5-13-29(16-18)24(31)19-10-14-28(15-11-19)22-9-4-8-21-23(22)26(33)30(25(21)32)17-20-7-2-3-12-27-20/h2-4,7-9,12,18-19H,5-6,10-11,13-17H2,1H3/t18-/m0/s1. The Balaban J connectivity index is 1.29. The highest BCUT2D eigenvalue weighted by molar-refractivity contribution is 6.23. The van der Waals surface area contributed by atoms with E-state index < -0.39 is 0 Å². The molecule has 7 nitrogen and oxygen atoms in total. The monoisotopic (exact) mass is 446 g/mol. The van der Waals surface area contributed by atoms with E-state index in [1.54, 1.807) is 12.3 Å². The average molecular weight is 447 g/mol. The van der Waals surface area contributed by atoms with E-state index in [0.717, 1.165) is 38.0 Å². The first kappa shape index (κ1) is 21.6. The number of carbonyl (C=O) groups is 3. The molecule has 33 heavy (non-hydrogen) atoms. The Kier molecular flexibility index (Phi) is 5.87. The fourth-order valence-electron chi connectivity index (χ4n) is 5.39. The molecular weight excluding hydrogens is 416 g/mol. The van der Waals surface area contributed by atoms with Crippen molar-refractivity contribution in [2.75, 3.05) is 31.1 Å². The smallest absolute Gasteiger partial charge is 0.264 e. The molecule has 0 radical (unpaired) electrons. The zero-order chi connectivity index (χ0) is 22.9. The van der Waals surface area contributed by atoms with Gasteiger partial charge in [0, 0.05) is 38.3 Å². The van der Waals surface area contributed by atoms with E-state index in [1.807, 2.05) is 35.2 Å². The molecule has 2 aromatic rings. The highest BCUT2D eigenvalue weighted by Gasteiger charge is 2.39. The van der Waals surface area contributed by atoms with Crippen molar-refractivity contribution >= 4 is 23.4 Å². The highest BCUT2D eigenvalue weighted by Crippen LogP contribution is 2.35. The van der Waals surface area contributed by atoms with Crippen molar-refractivity contribution in [1.29, 1.82) is 0 Å². The van der Waals surface area contributed by atoms with Crippen LogP contribution < -0.4 is 4.90 Å². The molecule has 1 atom stereocenters. The van der Waals surface area contributed by atoms with Crippen LogP contribution in [-0.4, -0.2) is 58.7 Å². The van der Waals surface area contributed by atoms with Gasteiger partial charge >= 0.3 is 0 Å². The fourth-order valence-corrected chi connectivity index (χ4v) is 5.39. The maximum atomic E-state index is 13.3. The molecule has 0 spiro atoms. The number of anilines is 1. The van der Waals surface area contributed by atoms with Gasteiger partial charge in [-0.1, -0.05) is 19.1 Å². The van der Waals surface area contributed by atoms with Crippen molar-refractivity contribution in [1.82, 2.24) is 14.8 Å². The summed E-state index contributed by atoms with van der Waals surface area (Å²) in [5, 5.41) is 0. The molecule has 0 N–H and O–H groups in total. The van der Waals surface area contributed by atoms with Crippen LogP contribution in [-0.2, 0) is 11.3 Å². The van der Waals surface area contributed by atoms with E-state index >= 15 is 0 Å². The number of benzene rings is 1. The maximum absolute atomic E-state index is 13.3. The first-order valence-electron chi connectivity index (χ1n) is 12.0. The molecule has 3 amide bonds. The van der Waals surface area contributed by atoms with Crippen LogP contribution in [0.1, 0.15) is 59.0 Å². The molecular formula is C26H30N4O3. The number of piperidine rings is 2. The van der Waals surface area contributed by atoms with Crippen LogP contribution in [0.25, 0.3) is 0 Å². The van der Waals surface area contributed by atoms with Gasteiger partial charge in [-0.3, -0.25) is 24.3 Å². The van der Waals surface area contributed by atoms with E-state index in [0.29, 0.717) is 35.8 Å². The summed E-state index contributed by atoms with van der Waals surface area (Å²) >= 11 is 0. The van der Waals surface area contributed by atoms with Gasteiger partial charge in [0.1, 0.15) is 0 Å². The number of hydrogen-bond donors (Lipinski definition) is 0. The molecule has 2 saturated heterocycles. The summed E-state index contributed by atoms with van der Waals surface area (Å²) in [4.78, 5) is 49.1. The predicted molar refractivity (Wildman–Crippen MR) is 125 cm³/mol. The first-order valence-corrected chi connectivity index (χ1v) is 12.0. The van der Waals surface area contributed by atoms with Gasteiger partial charge in [0.05, 0.1) is 29.1 Å². The maximum Gasteiger partial charge on any atom is 0.264 e. The van der Waals surface area contributed by atoms with E-state index in [9.17, 15) is 14.4 Å². The number of fused-ring (bicyclic) bond motifs is 1. The zero-order valence-electron chi connectivity index (χ0n) is 19.1. The van der Waals surface area contributed by atoms with Gasteiger partial charge in [0.15, 0.2) is 0 Å². The van der Waals surface area contributed by atoms with Crippen molar-refractivity contribution in [3.8, 4) is 0 Å². The van der Waals surface area contributed by atoms with Crippen molar-refractivity contribution in [2.24, 2.45) is 11.8 Å². The fraction of sp³-hybridized carbons (Fsp3) is 0.462.